The summed E-state index contributed by atoms with van der Waals surface area (Å²) in [6.45, 7) is 1.19. The maximum atomic E-state index is 12.8. The lowest BCUT2D eigenvalue weighted by Gasteiger charge is -2.30. The number of carbonyl (C=O) groups excluding carboxylic acids is 1. The molecule has 1 aromatic carbocycles. The topological polar surface area (TPSA) is 99.0 Å². The minimum absolute atomic E-state index is 0.144. The van der Waals surface area contributed by atoms with Gasteiger partial charge in [-0.3, -0.25) is 0 Å². The van der Waals surface area contributed by atoms with E-state index in [4.69, 9.17) is 18.6 Å². The van der Waals surface area contributed by atoms with Gasteiger partial charge in [-0.2, -0.15) is 11.3 Å². The monoisotopic (exact) mass is 444 g/mol. The van der Waals surface area contributed by atoms with Crippen molar-refractivity contribution in [3.05, 3.63) is 34.8 Å². The van der Waals surface area contributed by atoms with E-state index >= 15 is 0 Å². The van der Waals surface area contributed by atoms with Gasteiger partial charge in [0.15, 0.2) is 11.5 Å². The van der Waals surface area contributed by atoms with Gasteiger partial charge in [0.25, 0.3) is 0 Å². The normalized spacial score (nSPS) is 14.4. The molecule has 9 nitrogen and oxygen atoms in total. The van der Waals surface area contributed by atoms with Gasteiger partial charge in [0.2, 0.25) is 17.5 Å². The van der Waals surface area contributed by atoms with Crippen LogP contribution in [0, 0.1) is 0 Å². The summed E-state index contributed by atoms with van der Waals surface area (Å²) in [4.78, 5) is 14.5. The zero-order valence-electron chi connectivity index (χ0n) is 17.6. The van der Waals surface area contributed by atoms with Crippen LogP contribution in [-0.4, -0.2) is 55.5 Å². The predicted octanol–water partition coefficient (Wildman–Crippen LogP) is 4.24. The first-order chi connectivity index (χ1) is 15.1. The Kier molecular flexibility index (Phi) is 6.26. The van der Waals surface area contributed by atoms with Gasteiger partial charge in [0.05, 0.1) is 27.0 Å². The Morgan fingerprint density at radius 3 is 2.42 bits per heavy atom. The van der Waals surface area contributed by atoms with Gasteiger partial charge in [-0.05, 0) is 24.3 Å². The fourth-order valence-corrected chi connectivity index (χ4v) is 4.22. The first-order valence-electron chi connectivity index (χ1n) is 9.84. The zero-order valence-corrected chi connectivity index (χ0v) is 18.4. The molecule has 1 N–H and O–H groups in total. The van der Waals surface area contributed by atoms with Crippen molar-refractivity contribution < 1.29 is 23.4 Å². The molecule has 1 aliphatic heterocycles. The molecule has 3 aromatic rings. The van der Waals surface area contributed by atoms with E-state index in [1.54, 1.807) is 28.4 Å². The van der Waals surface area contributed by atoms with E-state index in [1.807, 2.05) is 16.8 Å². The number of hydrogen-bond acceptors (Lipinski definition) is 8. The number of anilines is 1. The minimum Gasteiger partial charge on any atom is -0.493 e. The fraction of sp³-hybridized carbons (Fsp3) is 0.381. The molecule has 31 heavy (non-hydrogen) atoms. The summed E-state index contributed by atoms with van der Waals surface area (Å²) >= 11 is 1.59. The molecule has 0 spiro atoms. The summed E-state index contributed by atoms with van der Waals surface area (Å²) in [5.74, 6) is 2.75. The van der Waals surface area contributed by atoms with Gasteiger partial charge in [-0.25, -0.2) is 4.79 Å². The van der Waals surface area contributed by atoms with Crippen LogP contribution < -0.4 is 19.5 Å². The molecule has 0 atom stereocenters. The highest BCUT2D eigenvalue weighted by molar-refractivity contribution is 7.08. The van der Waals surface area contributed by atoms with E-state index < -0.39 is 0 Å². The summed E-state index contributed by atoms with van der Waals surface area (Å²) in [6, 6.07) is 5.18. The molecule has 0 saturated carbocycles. The number of methoxy groups -OCH3 is 3. The van der Waals surface area contributed by atoms with E-state index in [1.165, 1.54) is 21.3 Å². The molecule has 10 heteroatoms. The highest BCUT2D eigenvalue weighted by atomic mass is 32.1. The lowest BCUT2D eigenvalue weighted by Crippen LogP contribution is -2.40. The van der Waals surface area contributed by atoms with Crippen LogP contribution in [0.2, 0.25) is 0 Å². The molecular formula is C21H24N4O5S. The van der Waals surface area contributed by atoms with Crippen LogP contribution in [0.5, 0.6) is 17.2 Å². The summed E-state index contributed by atoms with van der Waals surface area (Å²) < 4.78 is 21.9. The third-order valence-corrected chi connectivity index (χ3v) is 5.94. The molecule has 0 bridgehead atoms. The van der Waals surface area contributed by atoms with Gasteiger partial charge in [0.1, 0.15) is 0 Å². The average Bonchev–Trinajstić information content (AvgIpc) is 3.50. The quantitative estimate of drug-likeness (QED) is 0.607. The van der Waals surface area contributed by atoms with E-state index in [0.29, 0.717) is 47.8 Å². The van der Waals surface area contributed by atoms with E-state index in [2.05, 4.69) is 15.5 Å². The fourth-order valence-electron chi connectivity index (χ4n) is 3.59. The first kappa shape index (κ1) is 21.0. The van der Waals surface area contributed by atoms with E-state index in [0.717, 1.165) is 18.4 Å². The largest absolute Gasteiger partial charge is 0.493 e. The second kappa shape index (κ2) is 9.25. The zero-order chi connectivity index (χ0) is 21.8. The number of rotatable bonds is 6. The van der Waals surface area contributed by atoms with Crippen molar-refractivity contribution in [1.29, 1.82) is 0 Å². The summed E-state index contributed by atoms with van der Waals surface area (Å²) in [5, 5.41) is 15.2. The molecule has 0 aliphatic carbocycles. The number of carbonyl (C=O) groups is 1. The Hall–Kier alpha value is -3.27. The van der Waals surface area contributed by atoms with Crippen molar-refractivity contribution in [2.75, 3.05) is 39.7 Å². The van der Waals surface area contributed by atoms with Gasteiger partial charge in [0, 0.05) is 42.1 Å². The van der Waals surface area contributed by atoms with Crippen molar-refractivity contribution in [3.63, 3.8) is 0 Å². The lowest BCUT2D eigenvalue weighted by atomic mass is 9.97. The number of ether oxygens (including phenoxy) is 3. The second-order valence-electron chi connectivity index (χ2n) is 7.06. The first-order valence-corrected chi connectivity index (χ1v) is 10.8. The number of thiophene rings is 1. The minimum atomic E-state index is -0.183. The van der Waals surface area contributed by atoms with Crippen LogP contribution in [0.4, 0.5) is 10.5 Å². The second-order valence-corrected chi connectivity index (χ2v) is 7.84. The Balaban J connectivity index is 1.38. The number of amides is 2. The van der Waals surface area contributed by atoms with Gasteiger partial charge >= 0.3 is 6.03 Å². The third-order valence-electron chi connectivity index (χ3n) is 5.26. The SMILES string of the molecule is COc1cc(NC(=O)N2CCC(c3nnc(-c4ccsc4)o3)CC2)cc(OC)c1OC. The number of likely N-dealkylation sites (tertiary alicyclic amines) is 1. The molecule has 1 saturated heterocycles. The van der Waals surface area contributed by atoms with Crippen molar-refractivity contribution >= 4 is 23.1 Å². The van der Waals surface area contributed by atoms with Crippen LogP contribution in [0.1, 0.15) is 24.7 Å². The van der Waals surface area contributed by atoms with E-state index in [9.17, 15) is 4.79 Å². The van der Waals surface area contributed by atoms with Crippen LogP contribution in [0.3, 0.4) is 0 Å². The van der Waals surface area contributed by atoms with Crippen molar-refractivity contribution in [2.45, 2.75) is 18.8 Å². The number of aromatic nitrogens is 2. The molecule has 1 aliphatic rings. The molecule has 0 radical (unpaired) electrons. The number of urea groups is 1. The molecular weight excluding hydrogens is 420 g/mol. The maximum Gasteiger partial charge on any atom is 0.321 e. The summed E-state index contributed by atoms with van der Waals surface area (Å²) in [5.41, 5.74) is 1.50. The smallest absolute Gasteiger partial charge is 0.321 e. The molecule has 164 valence electrons. The number of benzene rings is 1. The molecule has 2 amide bonds. The average molecular weight is 445 g/mol. The van der Waals surface area contributed by atoms with Crippen LogP contribution >= 0.6 is 11.3 Å². The predicted molar refractivity (Wildman–Crippen MR) is 116 cm³/mol. The molecule has 3 heterocycles. The Morgan fingerprint density at radius 2 is 1.84 bits per heavy atom. The van der Waals surface area contributed by atoms with E-state index in [-0.39, 0.29) is 11.9 Å². The van der Waals surface area contributed by atoms with Crippen molar-refractivity contribution in [3.8, 4) is 28.7 Å². The van der Waals surface area contributed by atoms with Crippen LogP contribution in [-0.2, 0) is 0 Å². The highest BCUT2D eigenvalue weighted by Gasteiger charge is 2.28. The van der Waals surface area contributed by atoms with Gasteiger partial charge in [-0.1, -0.05) is 0 Å². The van der Waals surface area contributed by atoms with Crippen LogP contribution in [0.15, 0.2) is 33.4 Å². The lowest BCUT2D eigenvalue weighted by molar-refractivity contribution is 0.190. The van der Waals surface area contributed by atoms with Gasteiger partial charge in [-0.15, -0.1) is 10.2 Å². The number of nitrogens with one attached hydrogen (secondary N) is 1. The van der Waals surface area contributed by atoms with Crippen molar-refractivity contribution in [1.82, 2.24) is 15.1 Å². The Labute approximate surface area is 183 Å². The number of hydrogen-bond donors (Lipinski definition) is 1. The van der Waals surface area contributed by atoms with Crippen LogP contribution in [0.25, 0.3) is 11.5 Å². The number of nitrogens with zero attached hydrogens (tertiary/aromatic N) is 3. The maximum absolute atomic E-state index is 12.8. The highest BCUT2D eigenvalue weighted by Crippen LogP contribution is 2.40. The molecule has 0 unspecified atom stereocenters. The molecule has 2 aromatic heterocycles. The summed E-state index contributed by atoms with van der Waals surface area (Å²) in [6.07, 6.45) is 1.52. The number of piperidine rings is 1. The molecule has 1 fully saturated rings. The van der Waals surface area contributed by atoms with Crippen molar-refractivity contribution in [2.24, 2.45) is 0 Å². The third kappa shape index (κ3) is 4.43. The molecule has 4 rings (SSSR count). The Bertz CT molecular complexity index is 1000. The standard InChI is InChI=1S/C21H24N4O5S/c1-27-16-10-15(11-17(28-2)18(16)29-3)22-21(26)25-7-4-13(5-8-25)19-23-24-20(30-19)14-6-9-31-12-14/h6,9-13H,4-5,7-8H2,1-3H3,(H,22,26). The summed E-state index contributed by atoms with van der Waals surface area (Å²) in [7, 11) is 4.61. The Morgan fingerprint density at radius 1 is 1.13 bits per heavy atom. The van der Waals surface area contributed by atoms with Gasteiger partial charge < -0.3 is 28.8 Å².